The van der Waals surface area contributed by atoms with Gasteiger partial charge in [0.05, 0.1) is 0 Å². The van der Waals surface area contributed by atoms with Crippen LogP contribution in [-0.2, 0) is 0 Å². The third kappa shape index (κ3) is 2.50. The molecule has 0 aromatic rings. The van der Waals surface area contributed by atoms with Crippen LogP contribution in [0.5, 0.6) is 0 Å². The molecule has 0 bridgehead atoms. The van der Waals surface area contributed by atoms with Crippen LogP contribution < -0.4 is 0 Å². The van der Waals surface area contributed by atoms with Crippen molar-refractivity contribution >= 4 is 0 Å². The minimum Gasteiger partial charge on any atom is -0.0625 e. The Hall–Kier alpha value is 0. The van der Waals surface area contributed by atoms with Gasteiger partial charge >= 0.3 is 0 Å². The summed E-state index contributed by atoms with van der Waals surface area (Å²) in [5, 5.41) is 0. The minimum absolute atomic E-state index is 0.556. The van der Waals surface area contributed by atoms with Gasteiger partial charge in [-0.3, -0.25) is 0 Å². The summed E-state index contributed by atoms with van der Waals surface area (Å²) in [6.45, 7) is 9.54. The van der Waals surface area contributed by atoms with E-state index in [1.807, 2.05) is 0 Å². The highest BCUT2D eigenvalue weighted by atomic mass is 14.3. The van der Waals surface area contributed by atoms with Gasteiger partial charge in [-0.2, -0.15) is 0 Å². The highest BCUT2D eigenvalue weighted by Gasteiger charge is 2.27. The monoisotopic (exact) mass is 154 g/mol. The largest absolute Gasteiger partial charge is 0.0625 e. The molecule has 0 atom stereocenters. The lowest BCUT2D eigenvalue weighted by atomic mass is 9.70. The van der Waals surface area contributed by atoms with E-state index in [-0.39, 0.29) is 0 Å². The molecule has 66 valence electrons. The smallest absolute Gasteiger partial charge is 0.0354 e. The predicted octanol–water partition coefficient (Wildman–Crippen LogP) is 3.86. The summed E-state index contributed by atoms with van der Waals surface area (Å²) >= 11 is 0. The highest BCUT2D eigenvalue weighted by molar-refractivity contribution is 4.78. The standard InChI is InChI=1S/C11H22/c1-9-5-7-10(8-6-9)11(2,3)4/h9-10H,5-8H2,1-4H3/t9-,10-. The quantitative estimate of drug-likeness (QED) is 0.497. The first-order chi connectivity index (χ1) is 5.00. The van der Waals surface area contributed by atoms with E-state index in [2.05, 4.69) is 27.7 Å². The van der Waals surface area contributed by atoms with Crippen molar-refractivity contribution in [3.05, 3.63) is 0 Å². The second-order valence-corrected chi connectivity index (χ2v) is 5.32. The van der Waals surface area contributed by atoms with Gasteiger partial charge in [-0.25, -0.2) is 0 Å². The summed E-state index contributed by atoms with van der Waals surface area (Å²) in [7, 11) is 0. The first-order valence-electron chi connectivity index (χ1n) is 5.00. The molecule has 0 saturated heterocycles. The van der Waals surface area contributed by atoms with E-state index in [1.54, 1.807) is 0 Å². The van der Waals surface area contributed by atoms with Crippen molar-refractivity contribution in [3.63, 3.8) is 0 Å². The number of hydrogen-bond acceptors (Lipinski definition) is 0. The lowest BCUT2D eigenvalue weighted by Gasteiger charge is -2.35. The zero-order valence-corrected chi connectivity index (χ0v) is 8.48. The fourth-order valence-corrected chi connectivity index (χ4v) is 2.13. The number of hydrogen-bond donors (Lipinski definition) is 0. The molecule has 0 nitrogen and oxygen atoms in total. The SMILES string of the molecule is CC(C)(C)[C@H]1CC[C@H](C)CC1. The van der Waals surface area contributed by atoms with Crippen LogP contribution in [0.1, 0.15) is 53.4 Å². The van der Waals surface area contributed by atoms with Crippen LogP contribution in [0, 0.1) is 17.3 Å². The van der Waals surface area contributed by atoms with E-state index in [1.165, 1.54) is 25.7 Å². The number of rotatable bonds is 0. The van der Waals surface area contributed by atoms with Crippen LogP contribution in [0.25, 0.3) is 0 Å². The molecule has 0 heteroatoms. The Labute approximate surface area is 71.4 Å². The molecule has 1 fully saturated rings. The van der Waals surface area contributed by atoms with Crippen LogP contribution in [0.2, 0.25) is 0 Å². The fourth-order valence-electron chi connectivity index (χ4n) is 2.13. The molecule has 1 rings (SSSR count). The molecule has 0 amide bonds. The second kappa shape index (κ2) is 3.16. The Morgan fingerprint density at radius 3 is 1.73 bits per heavy atom. The van der Waals surface area contributed by atoms with Gasteiger partial charge < -0.3 is 0 Å². The molecule has 0 N–H and O–H groups in total. The molecule has 1 aliphatic carbocycles. The molecule has 1 saturated carbocycles. The van der Waals surface area contributed by atoms with Gasteiger partial charge in [0.2, 0.25) is 0 Å². The average Bonchev–Trinajstić information content (AvgIpc) is 1.86. The summed E-state index contributed by atoms with van der Waals surface area (Å²) in [4.78, 5) is 0. The van der Waals surface area contributed by atoms with Gasteiger partial charge in [0, 0.05) is 0 Å². The zero-order chi connectivity index (χ0) is 8.48. The topological polar surface area (TPSA) is 0 Å². The van der Waals surface area contributed by atoms with E-state index in [9.17, 15) is 0 Å². The maximum atomic E-state index is 2.39. The van der Waals surface area contributed by atoms with Gasteiger partial charge in [0.15, 0.2) is 0 Å². The van der Waals surface area contributed by atoms with E-state index in [4.69, 9.17) is 0 Å². The van der Waals surface area contributed by atoms with Gasteiger partial charge in [0.25, 0.3) is 0 Å². The zero-order valence-electron chi connectivity index (χ0n) is 8.48. The molecule has 0 aromatic carbocycles. The molecule has 0 radical (unpaired) electrons. The third-order valence-electron chi connectivity index (χ3n) is 3.24. The normalized spacial score (nSPS) is 33.8. The van der Waals surface area contributed by atoms with Crippen molar-refractivity contribution in [2.45, 2.75) is 53.4 Å². The van der Waals surface area contributed by atoms with Crippen molar-refractivity contribution in [1.29, 1.82) is 0 Å². The van der Waals surface area contributed by atoms with Crippen LogP contribution in [-0.4, -0.2) is 0 Å². The van der Waals surface area contributed by atoms with Crippen LogP contribution in [0.3, 0.4) is 0 Å². The molecule has 0 heterocycles. The minimum atomic E-state index is 0.556. The van der Waals surface area contributed by atoms with E-state index >= 15 is 0 Å². The van der Waals surface area contributed by atoms with Gasteiger partial charge in [-0.15, -0.1) is 0 Å². The summed E-state index contributed by atoms with van der Waals surface area (Å²) in [6.07, 6.45) is 5.85. The Morgan fingerprint density at radius 1 is 0.909 bits per heavy atom. The van der Waals surface area contributed by atoms with E-state index in [0.29, 0.717) is 5.41 Å². The summed E-state index contributed by atoms with van der Waals surface area (Å²) in [6, 6.07) is 0. The van der Waals surface area contributed by atoms with Gasteiger partial charge in [-0.1, -0.05) is 40.5 Å². The van der Waals surface area contributed by atoms with Crippen molar-refractivity contribution < 1.29 is 0 Å². The fraction of sp³-hybridized carbons (Fsp3) is 1.00. The lowest BCUT2D eigenvalue weighted by molar-refractivity contribution is 0.155. The van der Waals surface area contributed by atoms with Crippen molar-refractivity contribution in [1.82, 2.24) is 0 Å². The lowest BCUT2D eigenvalue weighted by Crippen LogP contribution is -2.24. The van der Waals surface area contributed by atoms with Crippen LogP contribution in [0.15, 0.2) is 0 Å². The Bertz CT molecular complexity index is 110. The Kier molecular flexibility index (Phi) is 2.61. The maximum Gasteiger partial charge on any atom is -0.0354 e. The average molecular weight is 154 g/mol. The first kappa shape index (κ1) is 9.09. The maximum absolute atomic E-state index is 2.39. The van der Waals surface area contributed by atoms with Crippen molar-refractivity contribution in [3.8, 4) is 0 Å². The molecule has 0 unspecified atom stereocenters. The Balaban J connectivity index is 2.39. The molecular weight excluding hydrogens is 132 g/mol. The van der Waals surface area contributed by atoms with Gasteiger partial charge in [-0.05, 0) is 30.1 Å². The highest BCUT2D eigenvalue weighted by Crippen LogP contribution is 2.39. The van der Waals surface area contributed by atoms with E-state index in [0.717, 1.165) is 11.8 Å². The molecule has 1 aliphatic rings. The summed E-state index contributed by atoms with van der Waals surface area (Å²) in [5.74, 6) is 1.98. The summed E-state index contributed by atoms with van der Waals surface area (Å²) in [5.41, 5.74) is 0.556. The van der Waals surface area contributed by atoms with Gasteiger partial charge in [0.1, 0.15) is 0 Å². The second-order valence-electron chi connectivity index (χ2n) is 5.32. The third-order valence-corrected chi connectivity index (χ3v) is 3.24. The molecular formula is C11H22. The molecule has 0 spiro atoms. The molecule has 0 aromatic heterocycles. The molecule has 0 aliphatic heterocycles. The van der Waals surface area contributed by atoms with E-state index < -0.39 is 0 Å². The van der Waals surface area contributed by atoms with Crippen molar-refractivity contribution in [2.24, 2.45) is 17.3 Å². The molecule has 11 heavy (non-hydrogen) atoms. The van der Waals surface area contributed by atoms with Crippen LogP contribution >= 0.6 is 0 Å². The first-order valence-corrected chi connectivity index (χ1v) is 5.00. The summed E-state index contributed by atoms with van der Waals surface area (Å²) < 4.78 is 0. The predicted molar refractivity (Wildman–Crippen MR) is 50.6 cm³/mol. The van der Waals surface area contributed by atoms with Crippen LogP contribution in [0.4, 0.5) is 0 Å². The Morgan fingerprint density at radius 2 is 1.36 bits per heavy atom. The van der Waals surface area contributed by atoms with Crippen molar-refractivity contribution in [2.75, 3.05) is 0 Å².